The second-order valence-corrected chi connectivity index (χ2v) is 4.47. The highest BCUT2D eigenvalue weighted by Crippen LogP contribution is 2.09. The van der Waals surface area contributed by atoms with Gasteiger partial charge in [-0.15, -0.1) is 0 Å². The van der Waals surface area contributed by atoms with Crippen molar-refractivity contribution >= 4 is 17.8 Å². The van der Waals surface area contributed by atoms with Crippen LogP contribution in [0.5, 0.6) is 0 Å². The van der Waals surface area contributed by atoms with Crippen LogP contribution in [0.2, 0.25) is 0 Å². The first-order chi connectivity index (χ1) is 10.6. The van der Waals surface area contributed by atoms with E-state index < -0.39 is 17.9 Å². The molecule has 22 heavy (non-hydrogen) atoms. The topological polar surface area (TPSA) is 81.7 Å². The van der Waals surface area contributed by atoms with E-state index in [1.807, 2.05) is 6.07 Å². The molecule has 0 spiro atoms. The number of hydrogen-bond donors (Lipinski definition) is 1. The average molecular weight is 307 g/mol. The predicted octanol–water partition coefficient (Wildman–Crippen LogP) is 1.55. The summed E-state index contributed by atoms with van der Waals surface area (Å²) in [6.45, 7) is 3.88. The normalized spacial score (nSPS) is 10.1. The van der Waals surface area contributed by atoms with Crippen LogP contribution in [0, 0.1) is 5.92 Å². The summed E-state index contributed by atoms with van der Waals surface area (Å²) in [5.41, 5.74) is 0.520. The zero-order valence-corrected chi connectivity index (χ0v) is 12.8. The largest absolute Gasteiger partial charge is 0.465 e. The van der Waals surface area contributed by atoms with Crippen LogP contribution in [0.25, 0.3) is 0 Å². The number of amides is 1. The van der Waals surface area contributed by atoms with Crippen LogP contribution in [0.4, 0.5) is 0 Å². The van der Waals surface area contributed by atoms with Gasteiger partial charge in [0.15, 0.2) is 5.92 Å². The third-order valence-corrected chi connectivity index (χ3v) is 2.90. The van der Waals surface area contributed by atoms with Crippen LogP contribution >= 0.6 is 0 Å². The summed E-state index contributed by atoms with van der Waals surface area (Å²) < 4.78 is 9.72. The van der Waals surface area contributed by atoms with Crippen molar-refractivity contribution in [1.82, 2.24) is 5.32 Å². The Hall–Kier alpha value is -2.37. The van der Waals surface area contributed by atoms with Gasteiger partial charge in [0.1, 0.15) is 0 Å². The Kier molecular flexibility index (Phi) is 7.67. The average Bonchev–Trinajstić information content (AvgIpc) is 2.52. The van der Waals surface area contributed by atoms with Crippen molar-refractivity contribution in [3.8, 4) is 0 Å². The van der Waals surface area contributed by atoms with Crippen molar-refractivity contribution in [3.05, 3.63) is 35.9 Å². The quantitative estimate of drug-likeness (QED) is 0.582. The van der Waals surface area contributed by atoms with Gasteiger partial charge in [0.25, 0.3) is 5.91 Å². The van der Waals surface area contributed by atoms with Crippen molar-refractivity contribution in [3.63, 3.8) is 0 Å². The molecule has 0 unspecified atom stereocenters. The van der Waals surface area contributed by atoms with Gasteiger partial charge in [0, 0.05) is 12.1 Å². The highest BCUT2D eigenvalue weighted by molar-refractivity contribution is 5.95. The number of carbonyl (C=O) groups excluding carboxylic acids is 3. The second kappa shape index (κ2) is 9.55. The van der Waals surface area contributed by atoms with E-state index >= 15 is 0 Å². The van der Waals surface area contributed by atoms with E-state index in [9.17, 15) is 14.4 Å². The number of ether oxygens (including phenoxy) is 2. The lowest BCUT2D eigenvalue weighted by molar-refractivity contribution is -0.161. The van der Waals surface area contributed by atoms with Gasteiger partial charge in [-0.25, -0.2) is 0 Å². The summed E-state index contributed by atoms with van der Waals surface area (Å²) in [5, 5.41) is 2.67. The molecule has 0 aliphatic heterocycles. The van der Waals surface area contributed by atoms with Gasteiger partial charge in [0.05, 0.1) is 13.2 Å². The van der Waals surface area contributed by atoms with Crippen molar-refractivity contribution in [2.45, 2.75) is 20.3 Å². The van der Waals surface area contributed by atoms with Gasteiger partial charge in [-0.3, -0.25) is 14.4 Å². The number of esters is 2. The van der Waals surface area contributed by atoms with Crippen LogP contribution in [-0.4, -0.2) is 37.6 Å². The Labute approximate surface area is 129 Å². The molecule has 0 aromatic heterocycles. The molecule has 1 aromatic carbocycles. The van der Waals surface area contributed by atoms with Crippen LogP contribution in [-0.2, 0) is 19.1 Å². The van der Waals surface area contributed by atoms with Gasteiger partial charge in [-0.05, 0) is 32.4 Å². The molecule has 1 amide bonds. The molecular weight excluding hydrogens is 286 g/mol. The lowest BCUT2D eigenvalue weighted by Crippen LogP contribution is -2.33. The summed E-state index contributed by atoms with van der Waals surface area (Å²) in [6, 6.07) is 8.70. The SMILES string of the molecule is CCOC(=O)C(CCNC(=O)c1ccccc1)C(=O)OCC. The summed E-state index contributed by atoms with van der Waals surface area (Å²) in [6.07, 6.45) is 0.135. The lowest BCUT2D eigenvalue weighted by Gasteiger charge is -2.14. The molecule has 6 heteroatoms. The summed E-state index contributed by atoms with van der Waals surface area (Å²) in [7, 11) is 0. The fraction of sp³-hybridized carbons (Fsp3) is 0.438. The molecule has 0 atom stereocenters. The van der Waals surface area contributed by atoms with E-state index in [1.54, 1.807) is 38.1 Å². The molecule has 6 nitrogen and oxygen atoms in total. The Bertz CT molecular complexity index is 483. The van der Waals surface area contributed by atoms with Crippen LogP contribution in [0.15, 0.2) is 30.3 Å². The molecule has 1 rings (SSSR count). The van der Waals surface area contributed by atoms with Gasteiger partial charge in [-0.1, -0.05) is 18.2 Å². The fourth-order valence-corrected chi connectivity index (χ4v) is 1.84. The van der Waals surface area contributed by atoms with Crippen molar-refractivity contribution in [1.29, 1.82) is 0 Å². The minimum absolute atomic E-state index is 0.135. The minimum Gasteiger partial charge on any atom is -0.465 e. The number of benzene rings is 1. The molecule has 0 saturated heterocycles. The summed E-state index contributed by atoms with van der Waals surface area (Å²) >= 11 is 0. The smallest absolute Gasteiger partial charge is 0.320 e. The van der Waals surface area contributed by atoms with Gasteiger partial charge in [-0.2, -0.15) is 0 Å². The number of nitrogens with one attached hydrogen (secondary N) is 1. The molecule has 0 fully saturated rings. The van der Waals surface area contributed by atoms with Gasteiger partial charge < -0.3 is 14.8 Å². The fourth-order valence-electron chi connectivity index (χ4n) is 1.84. The van der Waals surface area contributed by atoms with Crippen LogP contribution in [0.3, 0.4) is 0 Å². The Morgan fingerprint density at radius 1 is 1.00 bits per heavy atom. The van der Waals surface area contributed by atoms with Crippen LogP contribution < -0.4 is 5.32 Å². The van der Waals surface area contributed by atoms with E-state index in [0.29, 0.717) is 5.56 Å². The monoisotopic (exact) mass is 307 g/mol. The highest BCUT2D eigenvalue weighted by atomic mass is 16.6. The van der Waals surface area contributed by atoms with Crippen LogP contribution in [0.1, 0.15) is 30.6 Å². The zero-order chi connectivity index (χ0) is 16.4. The summed E-state index contributed by atoms with van der Waals surface area (Å²) in [4.78, 5) is 35.4. The van der Waals surface area contributed by atoms with Crippen molar-refractivity contribution < 1.29 is 23.9 Å². The first kappa shape index (κ1) is 17.7. The number of rotatable bonds is 8. The first-order valence-corrected chi connectivity index (χ1v) is 7.26. The van der Waals surface area contributed by atoms with Gasteiger partial charge in [0.2, 0.25) is 0 Å². The number of carbonyl (C=O) groups is 3. The molecule has 0 aliphatic carbocycles. The maximum Gasteiger partial charge on any atom is 0.320 e. The van der Waals surface area contributed by atoms with E-state index in [0.717, 1.165) is 0 Å². The number of hydrogen-bond acceptors (Lipinski definition) is 5. The Morgan fingerprint density at radius 2 is 1.55 bits per heavy atom. The molecule has 1 N–H and O–H groups in total. The third kappa shape index (κ3) is 5.55. The Morgan fingerprint density at radius 3 is 2.05 bits per heavy atom. The molecular formula is C16H21NO5. The molecule has 0 bridgehead atoms. The van der Waals surface area contributed by atoms with E-state index in [-0.39, 0.29) is 32.1 Å². The molecule has 0 radical (unpaired) electrons. The predicted molar refractivity (Wildman–Crippen MR) is 80.1 cm³/mol. The Balaban J connectivity index is 2.54. The zero-order valence-electron chi connectivity index (χ0n) is 12.8. The molecule has 1 aromatic rings. The minimum atomic E-state index is -1.02. The highest BCUT2D eigenvalue weighted by Gasteiger charge is 2.29. The maximum absolute atomic E-state index is 11.9. The maximum atomic E-state index is 11.9. The standard InChI is InChI=1S/C16H21NO5/c1-3-21-15(19)13(16(20)22-4-2)10-11-17-14(18)12-8-6-5-7-9-12/h5-9,13H,3-4,10-11H2,1-2H3,(H,17,18). The molecule has 0 aliphatic rings. The van der Waals surface area contributed by atoms with Gasteiger partial charge >= 0.3 is 11.9 Å². The summed E-state index contributed by atoms with van der Waals surface area (Å²) in [5.74, 6) is -2.53. The van der Waals surface area contributed by atoms with E-state index in [4.69, 9.17) is 9.47 Å². The van der Waals surface area contributed by atoms with E-state index in [1.165, 1.54) is 0 Å². The molecule has 0 heterocycles. The second-order valence-electron chi connectivity index (χ2n) is 4.47. The molecule has 0 saturated carbocycles. The lowest BCUT2D eigenvalue weighted by atomic mass is 10.1. The molecule has 120 valence electrons. The van der Waals surface area contributed by atoms with Crippen molar-refractivity contribution in [2.75, 3.05) is 19.8 Å². The first-order valence-electron chi connectivity index (χ1n) is 7.26. The third-order valence-electron chi connectivity index (χ3n) is 2.90. The van der Waals surface area contributed by atoms with E-state index in [2.05, 4.69) is 5.32 Å². The van der Waals surface area contributed by atoms with Crippen molar-refractivity contribution in [2.24, 2.45) is 5.92 Å².